The Bertz CT molecular complexity index is 982. The normalized spacial score (nSPS) is 17.8. The average Bonchev–Trinajstić information content (AvgIpc) is 3.08. The molecule has 1 atom stereocenters. The molecule has 1 aliphatic rings. The quantitative estimate of drug-likeness (QED) is 0.685. The van der Waals surface area contributed by atoms with E-state index in [2.05, 4.69) is 10.1 Å². The molecule has 0 radical (unpaired) electrons. The molecule has 0 N–H and O–H groups in total. The molecule has 0 saturated carbocycles. The number of aromatic nitrogens is 4. The first-order valence-electron chi connectivity index (χ1n) is 9.02. The molecular formula is C19H21N5O3. The van der Waals surface area contributed by atoms with Gasteiger partial charge in [0, 0.05) is 32.1 Å². The molecule has 3 aromatic rings. The fourth-order valence-electron chi connectivity index (χ4n) is 3.31. The van der Waals surface area contributed by atoms with E-state index in [1.807, 2.05) is 18.3 Å². The summed E-state index contributed by atoms with van der Waals surface area (Å²) in [6.07, 6.45) is 5.69. The molecule has 1 amide bonds. The molecular weight excluding hydrogens is 346 g/mol. The molecule has 27 heavy (non-hydrogen) atoms. The minimum absolute atomic E-state index is 0.0227. The summed E-state index contributed by atoms with van der Waals surface area (Å²) in [6, 6.07) is 9.00. The van der Waals surface area contributed by atoms with Crippen LogP contribution < -0.4 is 5.56 Å². The molecule has 0 spiro atoms. The molecule has 0 unspecified atom stereocenters. The summed E-state index contributed by atoms with van der Waals surface area (Å²) in [5.41, 5.74) is 0.432. The Kier molecular flexibility index (Phi) is 4.97. The van der Waals surface area contributed by atoms with Gasteiger partial charge in [0.05, 0.1) is 29.9 Å². The van der Waals surface area contributed by atoms with Gasteiger partial charge in [-0.3, -0.25) is 18.8 Å². The van der Waals surface area contributed by atoms with Crippen molar-refractivity contribution in [1.29, 1.82) is 0 Å². The summed E-state index contributed by atoms with van der Waals surface area (Å²) < 4.78 is 9.03. The van der Waals surface area contributed by atoms with Gasteiger partial charge in [0.1, 0.15) is 6.54 Å². The van der Waals surface area contributed by atoms with Crippen molar-refractivity contribution in [2.75, 3.05) is 19.7 Å². The number of para-hydroxylation sites is 1. The number of ether oxygens (including phenoxy) is 1. The van der Waals surface area contributed by atoms with E-state index in [0.29, 0.717) is 37.1 Å². The maximum atomic E-state index is 12.8. The highest BCUT2D eigenvalue weighted by Crippen LogP contribution is 2.10. The second-order valence-corrected chi connectivity index (χ2v) is 6.61. The van der Waals surface area contributed by atoms with Crippen LogP contribution in [0.3, 0.4) is 0 Å². The van der Waals surface area contributed by atoms with Crippen LogP contribution in [0.1, 0.15) is 6.42 Å². The molecule has 2 aromatic heterocycles. The number of amides is 1. The van der Waals surface area contributed by atoms with Gasteiger partial charge >= 0.3 is 0 Å². The first-order valence-corrected chi connectivity index (χ1v) is 9.02. The highest BCUT2D eigenvalue weighted by Gasteiger charge is 2.23. The number of fused-ring (bicyclic) bond motifs is 1. The third-order valence-electron chi connectivity index (χ3n) is 4.69. The van der Waals surface area contributed by atoms with Crippen LogP contribution in [0.4, 0.5) is 0 Å². The van der Waals surface area contributed by atoms with Gasteiger partial charge in [-0.05, 0) is 24.6 Å². The lowest BCUT2D eigenvalue weighted by Gasteiger charge is -2.24. The van der Waals surface area contributed by atoms with Crippen molar-refractivity contribution in [3.63, 3.8) is 0 Å². The number of rotatable bonds is 4. The Hall–Kier alpha value is -3.00. The molecule has 8 nitrogen and oxygen atoms in total. The zero-order valence-electron chi connectivity index (χ0n) is 14.9. The summed E-state index contributed by atoms with van der Waals surface area (Å²) in [7, 11) is 0. The van der Waals surface area contributed by atoms with Crippen molar-refractivity contribution in [2.45, 2.75) is 25.6 Å². The van der Waals surface area contributed by atoms with E-state index in [4.69, 9.17) is 4.74 Å². The van der Waals surface area contributed by atoms with Crippen molar-refractivity contribution in [3.8, 4) is 0 Å². The van der Waals surface area contributed by atoms with Crippen LogP contribution in [0.5, 0.6) is 0 Å². The van der Waals surface area contributed by atoms with Crippen LogP contribution in [-0.2, 0) is 22.6 Å². The summed E-state index contributed by atoms with van der Waals surface area (Å²) >= 11 is 0. The smallest absolute Gasteiger partial charge is 0.261 e. The van der Waals surface area contributed by atoms with E-state index in [1.165, 1.54) is 10.9 Å². The lowest BCUT2D eigenvalue weighted by atomic mass is 10.2. The molecule has 3 heterocycles. The van der Waals surface area contributed by atoms with Gasteiger partial charge in [-0.1, -0.05) is 12.1 Å². The molecule has 4 rings (SSSR count). The zero-order valence-corrected chi connectivity index (χ0v) is 14.9. The topological polar surface area (TPSA) is 82.3 Å². The number of hydrogen-bond acceptors (Lipinski definition) is 5. The van der Waals surface area contributed by atoms with Crippen molar-refractivity contribution in [1.82, 2.24) is 24.2 Å². The SMILES string of the molecule is O=C(Cn1cnc2ccccc2c1=O)N1CCCO[C@H](Cn2cccn2)C1. The molecule has 0 bridgehead atoms. The molecule has 0 aliphatic carbocycles. The van der Waals surface area contributed by atoms with Crippen molar-refractivity contribution >= 4 is 16.8 Å². The number of carbonyl (C=O) groups is 1. The fourth-order valence-corrected chi connectivity index (χ4v) is 3.31. The van der Waals surface area contributed by atoms with E-state index < -0.39 is 0 Å². The number of nitrogens with zero attached hydrogens (tertiary/aromatic N) is 5. The summed E-state index contributed by atoms with van der Waals surface area (Å²) in [4.78, 5) is 31.5. The average molecular weight is 367 g/mol. The predicted octanol–water partition coefficient (Wildman–Crippen LogP) is 0.911. The van der Waals surface area contributed by atoms with Crippen molar-refractivity contribution in [2.24, 2.45) is 0 Å². The van der Waals surface area contributed by atoms with Crippen LogP contribution in [0, 0.1) is 0 Å². The zero-order chi connectivity index (χ0) is 18.6. The minimum atomic E-state index is -0.201. The lowest BCUT2D eigenvalue weighted by Crippen LogP contribution is -2.41. The highest BCUT2D eigenvalue weighted by atomic mass is 16.5. The largest absolute Gasteiger partial charge is 0.374 e. The summed E-state index contributed by atoms with van der Waals surface area (Å²) in [5, 5.41) is 4.72. The van der Waals surface area contributed by atoms with E-state index in [-0.39, 0.29) is 24.1 Å². The van der Waals surface area contributed by atoms with Gasteiger partial charge in [0.25, 0.3) is 5.56 Å². The van der Waals surface area contributed by atoms with Gasteiger partial charge in [0.2, 0.25) is 5.91 Å². The van der Waals surface area contributed by atoms with Gasteiger partial charge < -0.3 is 9.64 Å². The van der Waals surface area contributed by atoms with E-state index >= 15 is 0 Å². The summed E-state index contributed by atoms with van der Waals surface area (Å²) in [5.74, 6) is -0.106. The van der Waals surface area contributed by atoms with Gasteiger partial charge in [0.15, 0.2) is 0 Å². The van der Waals surface area contributed by atoms with Crippen LogP contribution in [0.2, 0.25) is 0 Å². The minimum Gasteiger partial charge on any atom is -0.374 e. The first kappa shape index (κ1) is 17.4. The van der Waals surface area contributed by atoms with E-state index in [0.717, 1.165) is 6.42 Å². The van der Waals surface area contributed by atoms with Crippen LogP contribution in [0.25, 0.3) is 10.9 Å². The van der Waals surface area contributed by atoms with Crippen molar-refractivity contribution in [3.05, 3.63) is 59.4 Å². The highest BCUT2D eigenvalue weighted by molar-refractivity contribution is 5.79. The third kappa shape index (κ3) is 3.90. The maximum absolute atomic E-state index is 12.8. The van der Waals surface area contributed by atoms with Crippen LogP contribution in [-0.4, -0.2) is 55.9 Å². The Balaban J connectivity index is 1.48. The monoisotopic (exact) mass is 367 g/mol. The van der Waals surface area contributed by atoms with Gasteiger partial charge in [-0.2, -0.15) is 5.10 Å². The number of benzene rings is 1. The second kappa shape index (κ2) is 7.71. The maximum Gasteiger partial charge on any atom is 0.261 e. The van der Waals surface area contributed by atoms with Crippen LogP contribution in [0.15, 0.2) is 53.8 Å². The Morgan fingerprint density at radius 2 is 2.15 bits per heavy atom. The Labute approximate surface area is 156 Å². The van der Waals surface area contributed by atoms with Crippen molar-refractivity contribution < 1.29 is 9.53 Å². The molecule has 1 fully saturated rings. The molecule has 140 valence electrons. The molecule has 8 heteroatoms. The predicted molar refractivity (Wildman–Crippen MR) is 99.2 cm³/mol. The molecule has 1 aromatic carbocycles. The Morgan fingerprint density at radius 1 is 1.26 bits per heavy atom. The summed E-state index contributed by atoms with van der Waals surface area (Å²) in [6.45, 7) is 2.27. The lowest BCUT2D eigenvalue weighted by molar-refractivity contribution is -0.132. The number of carbonyl (C=O) groups excluding carboxylic acids is 1. The molecule has 1 saturated heterocycles. The van der Waals surface area contributed by atoms with Crippen LogP contribution >= 0.6 is 0 Å². The standard InChI is InChI=1S/C19H21N5O3/c25-18(13-23-14-20-17-6-2-1-5-16(17)19(23)26)22-8-4-10-27-15(11-22)12-24-9-3-7-21-24/h1-3,5-7,9,14-15H,4,8,10-13H2/t15-/m0/s1. The van der Waals surface area contributed by atoms with E-state index in [1.54, 1.807) is 34.0 Å². The fraction of sp³-hybridized carbons (Fsp3) is 0.368. The number of hydrogen-bond donors (Lipinski definition) is 0. The van der Waals surface area contributed by atoms with E-state index in [9.17, 15) is 9.59 Å². The second-order valence-electron chi connectivity index (χ2n) is 6.61. The van der Waals surface area contributed by atoms with Gasteiger partial charge in [-0.15, -0.1) is 0 Å². The Morgan fingerprint density at radius 3 is 3.00 bits per heavy atom. The third-order valence-corrected chi connectivity index (χ3v) is 4.69. The van der Waals surface area contributed by atoms with Gasteiger partial charge in [-0.25, -0.2) is 4.98 Å². The molecule has 1 aliphatic heterocycles. The first-order chi connectivity index (χ1) is 13.2.